The van der Waals surface area contributed by atoms with Crippen molar-refractivity contribution in [2.24, 2.45) is 5.73 Å². The Kier molecular flexibility index (Phi) is 4.62. The molecule has 2 rings (SSSR count). The summed E-state index contributed by atoms with van der Waals surface area (Å²) in [5.41, 5.74) is 6.18. The fourth-order valence-electron chi connectivity index (χ4n) is 2.57. The molecular weight excluding hydrogens is 258 g/mol. The van der Waals surface area contributed by atoms with E-state index in [0.717, 1.165) is 17.7 Å². The van der Waals surface area contributed by atoms with Gasteiger partial charge in [0.15, 0.2) is 0 Å². The second-order valence-electron chi connectivity index (χ2n) is 5.25. The second-order valence-corrected chi connectivity index (χ2v) is 5.25. The first-order valence-corrected chi connectivity index (χ1v) is 6.81. The van der Waals surface area contributed by atoms with Crippen molar-refractivity contribution in [1.82, 2.24) is 0 Å². The van der Waals surface area contributed by atoms with Crippen LogP contribution in [-0.4, -0.2) is 36.4 Å². The van der Waals surface area contributed by atoms with Gasteiger partial charge in [-0.1, -0.05) is 12.1 Å². The highest BCUT2D eigenvalue weighted by molar-refractivity contribution is 5.80. The van der Waals surface area contributed by atoms with Crippen LogP contribution in [0, 0.1) is 0 Å². The molecule has 20 heavy (non-hydrogen) atoms. The van der Waals surface area contributed by atoms with Crippen LogP contribution in [0.15, 0.2) is 24.3 Å². The summed E-state index contributed by atoms with van der Waals surface area (Å²) in [5, 5.41) is 8.86. The van der Waals surface area contributed by atoms with Crippen molar-refractivity contribution in [3.8, 4) is 5.75 Å². The van der Waals surface area contributed by atoms with Gasteiger partial charge in [0.2, 0.25) is 0 Å². The Morgan fingerprint density at radius 1 is 1.45 bits per heavy atom. The van der Waals surface area contributed by atoms with E-state index < -0.39 is 5.54 Å². The number of hydrogen-bond acceptors (Lipinski definition) is 5. The fraction of sp³-hybridized carbons (Fsp3) is 0.533. The zero-order chi connectivity index (χ0) is 14.6. The van der Waals surface area contributed by atoms with Crippen LogP contribution in [0.4, 0.5) is 0 Å². The van der Waals surface area contributed by atoms with Crippen molar-refractivity contribution in [2.45, 2.75) is 37.3 Å². The molecule has 1 aromatic rings. The summed E-state index contributed by atoms with van der Waals surface area (Å²) >= 11 is 0. The molecule has 0 aliphatic heterocycles. The number of benzene rings is 1. The van der Waals surface area contributed by atoms with Crippen LogP contribution >= 0.6 is 0 Å². The minimum atomic E-state index is -0.920. The van der Waals surface area contributed by atoms with Gasteiger partial charge in [0.25, 0.3) is 0 Å². The average Bonchev–Trinajstić information content (AvgIpc) is 2.83. The molecule has 5 heteroatoms. The van der Waals surface area contributed by atoms with Crippen LogP contribution < -0.4 is 10.5 Å². The van der Waals surface area contributed by atoms with Gasteiger partial charge in [-0.05, 0) is 37.0 Å². The Labute approximate surface area is 118 Å². The maximum atomic E-state index is 11.6. The summed E-state index contributed by atoms with van der Waals surface area (Å²) in [5.74, 6) is 0.382. The molecule has 0 heterocycles. The monoisotopic (exact) mass is 279 g/mol. The molecule has 1 aliphatic carbocycles. The van der Waals surface area contributed by atoms with Crippen molar-refractivity contribution in [3.63, 3.8) is 0 Å². The Morgan fingerprint density at radius 3 is 2.75 bits per heavy atom. The molecule has 1 fully saturated rings. The second kappa shape index (κ2) is 6.24. The van der Waals surface area contributed by atoms with Gasteiger partial charge in [-0.15, -0.1) is 0 Å². The predicted molar refractivity (Wildman–Crippen MR) is 74.4 cm³/mol. The third kappa shape index (κ3) is 3.29. The lowest BCUT2D eigenvalue weighted by molar-refractivity contribution is -0.147. The Bertz CT molecular complexity index is 459. The molecule has 0 saturated heterocycles. The topological polar surface area (TPSA) is 81.8 Å². The van der Waals surface area contributed by atoms with E-state index in [1.54, 1.807) is 0 Å². The van der Waals surface area contributed by atoms with Crippen molar-refractivity contribution < 1.29 is 19.4 Å². The molecule has 110 valence electrons. The summed E-state index contributed by atoms with van der Waals surface area (Å²) in [6, 6.07) is 7.60. The van der Waals surface area contributed by atoms with E-state index in [-0.39, 0.29) is 18.7 Å². The molecule has 2 unspecified atom stereocenters. The van der Waals surface area contributed by atoms with E-state index >= 15 is 0 Å². The van der Waals surface area contributed by atoms with E-state index in [1.165, 1.54) is 7.11 Å². The zero-order valence-electron chi connectivity index (χ0n) is 11.7. The molecule has 5 nitrogen and oxygen atoms in total. The molecule has 0 spiro atoms. The molecule has 1 saturated carbocycles. The first-order valence-electron chi connectivity index (χ1n) is 6.81. The number of nitrogens with two attached hydrogens (primary N) is 1. The maximum Gasteiger partial charge on any atom is 0.325 e. The Balaban J connectivity index is 1.93. The summed E-state index contributed by atoms with van der Waals surface area (Å²) in [7, 11) is 1.35. The van der Waals surface area contributed by atoms with Gasteiger partial charge in [-0.3, -0.25) is 4.79 Å². The van der Waals surface area contributed by atoms with Crippen LogP contribution in [0.3, 0.4) is 0 Å². The number of ether oxygens (including phenoxy) is 2. The van der Waals surface area contributed by atoms with Crippen molar-refractivity contribution >= 4 is 5.97 Å². The van der Waals surface area contributed by atoms with Crippen LogP contribution in [-0.2, 0) is 16.0 Å². The van der Waals surface area contributed by atoms with Crippen molar-refractivity contribution in [1.29, 1.82) is 0 Å². The largest absolute Gasteiger partial charge is 0.490 e. The average molecular weight is 279 g/mol. The van der Waals surface area contributed by atoms with Crippen LogP contribution in [0.25, 0.3) is 0 Å². The Morgan fingerprint density at radius 2 is 2.15 bits per heavy atom. The number of esters is 1. The van der Waals surface area contributed by atoms with E-state index in [1.807, 2.05) is 24.3 Å². The maximum absolute atomic E-state index is 11.6. The van der Waals surface area contributed by atoms with Gasteiger partial charge < -0.3 is 20.3 Å². The number of aliphatic hydroxyl groups excluding tert-OH is 1. The summed E-state index contributed by atoms with van der Waals surface area (Å²) in [4.78, 5) is 11.6. The lowest BCUT2D eigenvalue weighted by atomic mass is 10.00. The lowest BCUT2D eigenvalue weighted by Crippen LogP contribution is -2.47. The quantitative estimate of drug-likeness (QED) is 0.787. The molecule has 0 bridgehead atoms. The van der Waals surface area contributed by atoms with Gasteiger partial charge in [-0.25, -0.2) is 0 Å². The van der Waals surface area contributed by atoms with Crippen molar-refractivity contribution in [3.05, 3.63) is 29.8 Å². The molecule has 1 aromatic carbocycles. The van der Waals surface area contributed by atoms with E-state index in [4.69, 9.17) is 20.3 Å². The Hall–Kier alpha value is -1.59. The van der Waals surface area contributed by atoms with E-state index in [0.29, 0.717) is 19.3 Å². The number of carbonyl (C=O) groups excluding carboxylic acids is 1. The molecule has 0 radical (unpaired) electrons. The number of rotatable bonds is 5. The highest BCUT2D eigenvalue weighted by atomic mass is 16.5. The summed E-state index contributed by atoms with van der Waals surface area (Å²) < 4.78 is 10.6. The van der Waals surface area contributed by atoms with Gasteiger partial charge in [0.1, 0.15) is 17.4 Å². The van der Waals surface area contributed by atoms with Gasteiger partial charge in [-0.2, -0.15) is 0 Å². The third-order valence-electron chi connectivity index (χ3n) is 3.72. The summed E-state index contributed by atoms with van der Waals surface area (Å²) in [6.07, 6.45) is 2.36. The summed E-state index contributed by atoms with van der Waals surface area (Å²) in [6.45, 7) is 0.137. The lowest BCUT2D eigenvalue weighted by Gasteiger charge is -2.20. The highest BCUT2D eigenvalue weighted by Gasteiger charge is 2.44. The van der Waals surface area contributed by atoms with Crippen LogP contribution in [0.5, 0.6) is 5.75 Å². The van der Waals surface area contributed by atoms with Gasteiger partial charge in [0, 0.05) is 13.0 Å². The molecule has 1 aliphatic rings. The number of aliphatic hydroxyl groups is 1. The molecule has 0 aromatic heterocycles. The third-order valence-corrected chi connectivity index (χ3v) is 3.72. The van der Waals surface area contributed by atoms with E-state index in [9.17, 15) is 4.79 Å². The fourth-order valence-corrected chi connectivity index (χ4v) is 2.57. The van der Waals surface area contributed by atoms with Gasteiger partial charge >= 0.3 is 5.97 Å². The van der Waals surface area contributed by atoms with Crippen molar-refractivity contribution in [2.75, 3.05) is 13.7 Å². The standard InChI is InChI=1S/C15H21NO4/c1-19-14(18)15(16)8-6-13(10-15)20-12-4-2-11(3-5-12)7-9-17/h2-5,13,17H,6-10,16H2,1H3. The van der Waals surface area contributed by atoms with E-state index in [2.05, 4.69) is 0 Å². The molecule has 3 N–H and O–H groups in total. The SMILES string of the molecule is COC(=O)C1(N)CCC(Oc2ccc(CCO)cc2)C1. The van der Waals surface area contributed by atoms with Gasteiger partial charge in [0.05, 0.1) is 7.11 Å². The number of methoxy groups -OCH3 is 1. The molecule has 0 amide bonds. The minimum Gasteiger partial charge on any atom is -0.490 e. The first kappa shape index (κ1) is 14.8. The van der Waals surface area contributed by atoms with Crippen LogP contribution in [0.1, 0.15) is 24.8 Å². The molecular formula is C15H21NO4. The van der Waals surface area contributed by atoms with Crippen LogP contribution in [0.2, 0.25) is 0 Å². The smallest absolute Gasteiger partial charge is 0.325 e. The highest BCUT2D eigenvalue weighted by Crippen LogP contribution is 2.32. The number of carbonyl (C=O) groups is 1. The molecule has 2 atom stereocenters. The minimum absolute atomic E-state index is 0.0669. The normalized spacial score (nSPS) is 25.4. The predicted octanol–water partition coefficient (Wildman–Crippen LogP) is 1.02. The number of hydrogen-bond donors (Lipinski definition) is 2. The zero-order valence-corrected chi connectivity index (χ0v) is 11.7. The first-order chi connectivity index (χ1) is 9.57.